The third-order valence-corrected chi connectivity index (χ3v) is 4.81. The molecule has 4 N–H and O–H groups in total. The fourth-order valence-corrected chi connectivity index (χ4v) is 3.45. The van der Waals surface area contributed by atoms with Gasteiger partial charge in [-0.15, -0.1) is 11.3 Å². The van der Waals surface area contributed by atoms with E-state index >= 15 is 0 Å². The Labute approximate surface area is 118 Å². The highest BCUT2D eigenvalue weighted by Crippen LogP contribution is 2.48. The molecule has 1 saturated carbocycles. The van der Waals surface area contributed by atoms with Gasteiger partial charge in [0.25, 0.3) is 0 Å². The van der Waals surface area contributed by atoms with Crippen LogP contribution in [-0.4, -0.2) is 17.6 Å². The Hall–Kier alpha value is -1.07. The predicted octanol–water partition coefficient (Wildman–Crippen LogP) is 2.95. The molecule has 1 aliphatic rings. The lowest BCUT2D eigenvalue weighted by atomic mass is 9.98. The number of nitrogens with one attached hydrogen (secondary N) is 1. The maximum Gasteiger partial charge on any atom is 0.139 e. The summed E-state index contributed by atoms with van der Waals surface area (Å²) in [4.78, 5) is 1.38. The Bertz CT molecular complexity index is 424. The molecular formula is C14H23N3OS. The average Bonchev–Trinajstić information content (AvgIpc) is 2.91. The molecular weight excluding hydrogens is 258 g/mol. The molecule has 0 radical (unpaired) electrons. The van der Waals surface area contributed by atoms with E-state index in [4.69, 9.17) is 10.9 Å². The number of hydrogen-bond donors (Lipinski definition) is 3. The van der Waals surface area contributed by atoms with Crippen LogP contribution in [0.15, 0.2) is 22.7 Å². The molecule has 1 aromatic rings. The quantitative estimate of drug-likeness (QED) is 0.311. The van der Waals surface area contributed by atoms with E-state index in [2.05, 4.69) is 41.8 Å². The van der Waals surface area contributed by atoms with E-state index in [-0.39, 0.29) is 5.41 Å². The molecule has 1 fully saturated rings. The predicted molar refractivity (Wildman–Crippen MR) is 79.6 cm³/mol. The van der Waals surface area contributed by atoms with E-state index in [1.54, 1.807) is 11.3 Å². The van der Waals surface area contributed by atoms with E-state index in [1.165, 1.54) is 4.88 Å². The molecule has 1 atom stereocenters. The summed E-state index contributed by atoms with van der Waals surface area (Å²) in [6.45, 7) is 5.41. The molecule has 5 heteroatoms. The van der Waals surface area contributed by atoms with Gasteiger partial charge in [-0.25, -0.2) is 0 Å². The van der Waals surface area contributed by atoms with Crippen LogP contribution in [0.2, 0.25) is 0 Å². The van der Waals surface area contributed by atoms with Crippen molar-refractivity contribution >= 4 is 17.2 Å². The molecule has 1 unspecified atom stereocenters. The Balaban J connectivity index is 1.93. The summed E-state index contributed by atoms with van der Waals surface area (Å²) in [7, 11) is 0. The SMILES string of the molecule is CC(C)C(NCC1(CC(N)=NO)CC1)c1cccs1. The van der Waals surface area contributed by atoms with Crippen LogP contribution < -0.4 is 11.1 Å². The summed E-state index contributed by atoms with van der Waals surface area (Å²) in [6.07, 6.45) is 3.00. The molecule has 2 rings (SSSR count). The minimum absolute atomic E-state index is 0.209. The van der Waals surface area contributed by atoms with E-state index in [0.29, 0.717) is 24.2 Å². The van der Waals surface area contributed by atoms with Crippen LogP contribution in [0.25, 0.3) is 0 Å². The molecule has 0 aromatic carbocycles. The highest BCUT2D eigenvalue weighted by Gasteiger charge is 2.43. The molecule has 0 amide bonds. The van der Waals surface area contributed by atoms with Crippen LogP contribution >= 0.6 is 11.3 Å². The van der Waals surface area contributed by atoms with Gasteiger partial charge >= 0.3 is 0 Å². The lowest BCUT2D eigenvalue weighted by molar-refractivity contribution is 0.312. The van der Waals surface area contributed by atoms with Gasteiger partial charge in [0.2, 0.25) is 0 Å². The van der Waals surface area contributed by atoms with Gasteiger partial charge in [-0.3, -0.25) is 0 Å². The van der Waals surface area contributed by atoms with Crippen molar-refractivity contribution in [3.63, 3.8) is 0 Å². The lowest BCUT2D eigenvalue weighted by Gasteiger charge is -2.24. The van der Waals surface area contributed by atoms with E-state index in [1.807, 2.05) is 0 Å². The fourth-order valence-electron chi connectivity index (χ4n) is 2.47. The summed E-state index contributed by atoms with van der Waals surface area (Å²) < 4.78 is 0. The summed E-state index contributed by atoms with van der Waals surface area (Å²) in [5.41, 5.74) is 5.84. The van der Waals surface area contributed by atoms with Gasteiger partial charge in [0, 0.05) is 23.9 Å². The van der Waals surface area contributed by atoms with Gasteiger partial charge in [-0.1, -0.05) is 25.1 Å². The van der Waals surface area contributed by atoms with Crippen molar-refractivity contribution < 1.29 is 5.21 Å². The van der Waals surface area contributed by atoms with Crippen LogP contribution in [0.1, 0.15) is 44.0 Å². The van der Waals surface area contributed by atoms with E-state index < -0.39 is 0 Å². The van der Waals surface area contributed by atoms with Gasteiger partial charge in [-0.05, 0) is 35.6 Å². The van der Waals surface area contributed by atoms with Gasteiger partial charge < -0.3 is 16.3 Å². The normalized spacial score (nSPS) is 19.6. The number of nitrogens with zero attached hydrogens (tertiary/aromatic N) is 1. The molecule has 1 aromatic heterocycles. The highest BCUT2D eigenvalue weighted by molar-refractivity contribution is 7.10. The van der Waals surface area contributed by atoms with Gasteiger partial charge in [0.05, 0.1) is 0 Å². The largest absolute Gasteiger partial charge is 0.409 e. The molecule has 106 valence electrons. The third kappa shape index (κ3) is 3.70. The molecule has 1 heterocycles. The fraction of sp³-hybridized carbons (Fsp3) is 0.643. The Morgan fingerprint density at radius 1 is 1.58 bits per heavy atom. The molecule has 0 bridgehead atoms. The molecule has 0 saturated heterocycles. The zero-order valence-corrected chi connectivity index (χ0v) is 12.4. The Kier molecular flexibility index (Phi) is 4.47. The second-order valence-electron chi connectivity index (χ2n) is 5.89. The van der Waals surface area contributed by atoms with E-state index in [9.17, 15) is 0 Å². The summed E-state index contributed by atoms with van der Waals surface area (Å²) in [5, 5.41) is 17.6. The van der Waals surface area contributed by atoms with Gasteiger partial charge in [0.1, 0.15) is 5.84 Å². The Morgan fingerprint density at radius 2 is 2.32 bits per heavy atom. The molecule has 0 aliphatic heterocycles. The zero-order chi connectivity index (χ0) is 13.9. The number of nitrogens with two attached hydrogens (primary N) is 1. The van der Waals surface area contributed by atoms with Crippen molar-refractivity contribution in [3.05, 3.63) is 22.4 Å². The maximum atomic E-state index is 8.69. The first-order chi connectivity index (χ1) is 9.06. The van der Waals surface area contributed by atoms with Crippen molar-refractivity contribution in [2.45, 2.75) is 39.2 Å². The molecule has 19 heavy (non-hydrogen) atoms. The van der Waals surface area contributed by atoms with Crippen LogP contribution in [0.3, 0.4) is 0 Å². The minimum Gasteiger partial charge on any atom is -0.409 e. The van der Waals surface area contributed by atoms with Crippen molar-refractivity contribution in [1.82, 2.24) is 5.32 Å². The van der Waals surface area contributed by atoms with E-state index in [0.717, 1.165) is 19.4 Å². The van der Waals surface area contributed by atoms with Gasteiger partial charge in [-0.2, -0.15) is 0 Å². The molecule has 4 nitrogen and oxygen atoms in total. The van der Waals surface area contributed by atoms with Crippen LogP contribution in [0.4, 0.5) is 0 Å². The number of hydrogen-bond acceptors (Lipinski definition) is 4. The van der Waals surface area contributed by atoms with Crippen molar-refractivity contribution in [2.75, 3.05) is 6.54 Å². The first kappa shape index (κ1) is 14.3. The zero-order valence-electron chi connectivity index (χ0n) is 11.6. The van der Waals surface area contributed by atoms with Crippen LogP contribution in [0, 0.1) is 11.3 Å². The Morgan fingerprint density at radius 3 is 2.79 bits per heavy atom. The third-order valence-electron chi connectivity index (χ3n) is 3.86. The standard InChI is InChI=1S/C14H23N3OS/c1-10(2)13(11-4-3-7-19-11)16-9-14(5-6-14)8-12(15)17-18/h3-4,7,10,13,16,18H,5-6,8-9H2,1-2H3,(H2,15,17). The average molecular weight is 281 g/mol. The smallest absolute Gasteiger partial charge is 0.139 e. The second kappa shape index (κ2) is 5.92. The van der Waals surface area contributed by atoms with Crippen molar-refractivity contribution in [3.8, 4) is 0 Å². The van der Waals surface area contributed by atoms with Gasteiger partial charge in [0.15, 0.2) is 0 Å². The topological polar surface area (TPSA) is 70.6 Å². The number of amidine groups is 1. The lowest BCUT2D eigenvalue weighted by Crippen LogP contribution is -2.33. The van der Waals surface area contributed by atoms with Crippen molar-refractivity contribution in [1.29, 1.82) is 0 Å². The first-order valence-electron chi connectivity index (χ1n) is 6.79. The first-order valence-corrected chi connectivity index (χ1v) is 7.67. The molecule has 1 aliphatic carbocycles. The monoisotopic (exact) mass is 281 g/mol. The number of rotatable bonds is 7. The maximum absolute atomic E-state index is 8.69. The number of oxime groups is 1. The van der Waals surface area contributed by atoms with Crippen molar-refractivity contribution in [2.24, 2.45) is 22.2 Å². The molecule has 0 spiro atoms. The van der Waals surface area contributed by atoms with Crippen LogP contribution in [0.5, 0.6) is 0 Å². The second-order valence-corrected chi connectivity index (χ2v) is 6.87. The summed E-state index contributed by atoms with van der Waals surface area (Å²) in [5.74, 6) is 0.898. The number of thiophene rings is 1. The highest BCUT2D eigenvalue weighted by atomic mass is 32.1. The minimum atomic E-state index is 0.209. The van der Waals surface area contributed by atoms with Crippen LogP contribution in [-0.2, 0) is 0 Å². The summed E-state index contributed by atoms with van der Waals surface area (Å²) in [6, 6.07) is 4.68. The summed E-state index contributed by atoms with van der Waals surface area (Å²) >= 11 is 1.80.